The van der Waals surface area contributed by atoms with Gasteiger partial charge in [-0.05, 0) is 153 Å². The van der Waals surface area contributed by atoms with E-state index in [1.165, 1.54) is 0 Å². The summed E-state index contributed by atoms with van der Waals surface area (Å²) in [6.07, 6.45) is 0. The number of pyridine rings is 8. The van der Waals surface area contributed by atoms with Crippen molar-refractivity contribution in [3.8, 4) is 169 Å². The molecule has 0 N–H and O–H groups in total. The zero-order chi connectivity index (χ0) is 87.1. The maximum atomic E-state index is 5.55. The van der Waals surface area contributed by atoms with E-state index in [0.717, 1.165) is 250 Å². The van der Waals surface area contributed by atoms with Gasteiger partial charge in [-0.3, -0.25) is 0 Å². The molecule has 0 saturated carbocycles. The Balaban J connectivity index is 0.505. The Morgan fingerprint density at radius 3 is 0.856 bits per heavy atom. The van der Waals surface area contributed by atoms with Gasteiger partial charge >= 0.3 is 0 Å². The van der Waals surface area contributed by atoms with Gasteiger partial charge in [0.05, 0.1) is 112 Å². The van der Waals surface area contributed by atoms with Crippen molar-refractivity contribution in [1.82, 2.24) is 59.8 Å². The second-order valence-electron chi connectivity index (χ2n) is 33.5. The number of fused-ring (bicyclic) bond motifs is 11. The lowest BCUT2D eigenvalue weighted by Crippen LogP contribution is -1.98. The molecule has 0 fully saturated rings. The molecular weight excluding hydrogens is 1610 g/mol. The van der Waals surface area contributed by atoms with Gasteiger partial charge in [0.2, 0.25) is 0 Å². The van der Waals surface area contributed by atoms with Gasteiger partial charge in [-0.15, -0.1) is 0 Å². The summed E-state index contributed by atoms with van der Waals surface area (Å²) in [4.78, 5) is 63.7. The van der Waals surface area contributed by atoms with E-state index in [0.29, 0.717) is 17.3 Å². The zero-order valence-electron chi connectivity index (χ0n) is 70.9. The minimum Gasteiger partial charge on any atom is -0.248 e. The lowest BCUT2D eigenvalue weighted by Gasteiger charge is -2.14. The second-order valence-corrected chi connectivity index (χ2v) is 33.5. The van der Waals surface area contributed by atoms with Gasteiger partial charge in [-0.2, -0.15) is 0 Å². The molecule has 25 rings (SSSR count). The van der Waals surface area contributed by atoms with Crippen LogP contribution in [0.25, 0.3) is 267 Å². The summed E-state index contributed by atoms with van der Waals surface area (Å²) in [6.45, 7) is 0. The summed E-state index contributed by atoms with van der Waals surface area (Å²) >= 11 is 0. The predicted octanol–water partition coefficient (Wildman–Crippen LogP) is 29.8. The van der Waals surface area contributed by atoms with Crippen LogP contribution in [0.4, 0.5) is 0 Å². The van der Waals surface area contributed by atoms with Crippen LogP contribution < -0.4 is 0 Å². The quantitative estimate of drug-likeness (QED) is 0.0897. The van der Waals surface area contributed by atoms with E-state index >= 15 is 0 Å². The Bertz CT molecular complexity index is 8910. The predicted molar refractivity (Wildman–Crippen MR) is 539 cm³/mol. The highest BCUT2D eigenvalue weighted by atomic mass is 14.9. The smallest absolute Gasteiger partial charge is 0.160 e. The minimum atomic E-state index is 0.568. The van der Waals surface area contributed by atoms with Gasteiger partial charge in [-0.25, -0.2) is 59.8 Å². The van der Waals surface area contributed by atoms with Crippen molar-refractivity contribution >= 4 is 98.0 Å². The Labute approximate surface area is 758 Å². The number of hydrogen-bond acceptors (Lipinski definition) is 12. The highest BCUT2D eigenvalue weighted by molar-refractivity contribution is 6.11. The molecule has 0 saturated heterocycles. The first-order valence-electron chi connectivity index (χ1n) is 44.2. The average molecular weight is 1680 g/mol. The van der Waals surface area contributed by atoms with Gasteiger partial charge in [0, 0.05) is 98.7 Å². The summed E-state index contributed by atoms with van der Waals surface area (Å²) in [5, 5.41) is 10.4. The molecule has 0 aliphatic carbocycles. The molecule has 15 aromatic carbocycles. The summed E-state index contributed by atoms with van der Waals surface area (Å²) in [6, 6.07) is 152. The fraction of sp³-hybridized carbons (Fsp3) is 0. The molecule has 0 radical (unpaired) electrons. The third kappa shape index (κ3) is 14.5. The lowest BCUT2D eigenvalue weighted by atomic mass is 9.95. The topological polar surface area (TPSA) is 155 Å². The van der Waals surface area contributed by atoms with Gasteiger partial charge in [0.25, 0.3) is 0 Å². The van der Waals surface area contributed by atoms with Crippen molar-refractivity contribution in [1.29, 1.82) is 0 Å². The number of hydrogen-bond donors (Lipinski definition) is 0. The molecule has 0 spiro atoms. The molecule has 25 aromatic rings. The summed E-state index contributed by atoms with van der Waals surface area (Å²) in [5.74, 6) is 1.22. The number of rotatable bonds is 15. The largest absolute Gasteiger partial charge is 0.248 e. The van der Waals surface area contributed by atoms with E-state index in [4.69, 9.17) is 59.8 Å². The Kier molecular flexibility index (Phi) is 18.6. The molecule has 10 heterocycles. The summed E-state index contributed by atoms with van der Waals surface area (Å²) in [7, 11) is 0. The maximum absolute atomic E-state index is 5.55. The van der Waals surface area contributed by atoms with Crippen LogP contribution in [0, 0.1) is 0 Å². The molecule has 0 aliphatic rings. The number of aromatic nitrogens is 12. The van der Waals surface area contributed by atoms with E-state index in [2.05, 4.69) is 328 Å². The van der Waals surface area contributed by atoms with Crippen molar-refractivity contribution in [2.75, 3.05) is 0 Å². The van der Waals surface area contributed by atoms with Crippen molar-refractivity contribution in [3.63, 3.8) is 0 Å². The number of nitrogens with zero attached hydrogens (tertiary/aromatic N) is 12. The molecule has 0 bridgehead atoms. The van der Waals surface area contributed by atoms with E-state index in [-0.39, 0.29) is 0 Å². The molecule has 12 nitrogen and oxygen atoms in total. The average Bonchev–Trinajstić information content (AvgIpc) is 0.752. The Morgan fingerprint density at radius 2 is 0.379 bits per heavy atom. The van der Waals surface area contributed by atoms with Crippen molar-refractivity contribution in [2.24, 2.45) is 0 Å². The lowest BCUT2D eigenvalue weighted by molar-refractivity contribution is 1.17. The van der Waals surface area contributed by atoms with Gasteiger partial charge in [0.15, 0.2) is 11.6 Å². The van der Waals surface area contributed by atoms with Gasteiger partial charge < -0.3 is 0 Å². The van der Waals surface area contributed by atoms with Gasteiger partial charge in [-0.1, -0.05) is 328 Å². The normalized spacial score (nSPS) is 11.6. The van der Waals surface area contributed by atoms with Crippen LogP contribution in [0.1, 0.15) is 0 Å². The molecular formula is C120H72N12. The molecule has 612 valence electrons. The first kappa shape index (κ1) is 76.4. The molecule has 0 atom stereocenters. The van der Waals surface area contributed by atoms with Crippen LogP contribution in [0.15, 0.2) is 437 Å². The minimum absolute atomic E-state index is 0.568. The second kappa shape index (κ2) is 32.1. The maximum Gasteiger partial charge on any atom is 0.160 e. The van der Waals surface area contributed by atoms with Gasteiger partial charge in [0.1, 0.15) is 0 Å². The molecule has 0 aliphatic heterocycles. The zero-order valence-corrected chi connectivity index (χ0v) is 70.9. The van der Waals surface area contributed by atoms with E-state index < -0.39 is 0 Å². The van der Waals surface area contributed by atoms with Crippen molar-refractivity contribution in [2.45, 2.75) is 0 Å². The highest BCUT2D eigenvalue weighted by Gasteiger charge is 2.22. The molecule has 0 amide bonds. The SMILES string of the molecule is c1ccc(-c2cc(-c3ccc4ccc(-c5ccc6ccc(-c7ccc8cc(-c9ccc%10ccc%11c(-c%12cccc(-c%13nc(-c%14ccccc%14)cc(-c%14ccc%15ccc(-c%16ccc%17ccc(-c%18cccc(-c%19ccc%20ccc%21ccc(-c%22ccccc%22)nc%21c%20n%19)c%18)cc%17n%16)cc%15n%14)n%13)c%12)cc(-c%12ccccc%12)nc%11c%10n9)ccc8c7)cc6n5)cc4n3)nc(-c3ccccc3)n2)cc1. The van der Waals surface area contributed by atoms with Crippen LogP contribution in [-0.2, 0) is 0 Å². The van der Waals surface area contributed by atoms with E-state index in [9.17, 15) is 0 Å². The van der Waals surface area contributed by atoms with Crippen molar-refractivity contribution < 1.29 is 0 Å². The Morgan fingerprint density at radius 1 is 0.114 bits per heavy atom. The molecule has 12 heteroatoms. The standard InChI is InChI=1S/C120H72N12/c1-6-18-73(19-7-1)99-57-51-81-36-37-82-52-58-102(126-116(82)115(81)125-99)92-30-16-28-85(63-92)89-38-32-77-47-55-100(121-106(77)66-89)94-43-35-80-50-61-105(124-109(80)69-94)114-72-112(76-24-12-4-13-25-76)130-120(132-114)96-31-17-29-91(65-96)98-70-110(74-20-8-2-9-21-74)128-118-97(98)54-46-83-53-59-103(127-117(83)118)93-45-42-86-62-87(40-41-88(86)64-93)90-39-33-78-48-56-101(122-107(78)67-90)95-44-34-79-49-60-104(123-108(79)68-95)113-71-111(75-22-10-3-11-23-75)129-119(131-113)84-26-14-5-15-27-84/h1-72H. The molecule has 0 unspecified atom stereocenters. The van der Waals surface area contributed by atoms with Crippen LogP contribution in [0.5, 0.6) is 0 Å². The molecule has 10 aromatic heterocycles. The van der Waals surface area contributed by atoms with Crippen LogP contribution in [0.2, 0.25) is 0 Å². The van der Waals surface area contributed by atoms with Crippen LogP contribution >= 0.6 is 0 Å². The van der Waals surface area contributed by atoms with Crippen LogP contribution in [-0.4, -0.2) is 59.8 Å². The number of benzene rings is 15. The highest BCUT2D eigenvalue weighted by Crippen LogP contribution is 2.42. The monoisotopic (exact) mass is 1680 g/mol. The fourth-order valence-corrected chi connectivity index (χ4v) is 18.3. The van der Waals surface area contributed by atoms with Crippen molar-refractivity contribution in [3.05, 3.63) is 437 Å². The first-order valence-corrected chi connectivity index (χ1v) is 44.2. The van der Waals surface area contributed by atoms with E-state index in [1.54, 1.807) is 0 Å². The molecule has 132 heavy (non-hydrogen) atoms. The third-order valence-corrected chi connectivity index (χ3v) is 25.2. The van der Waals surface area contributed by atoms with E-state index in [1.807, 2.05) is 109 Å². The fourth-order valence-electron chi connectivity index (χ4n) is 18.3. The van der Waals surface area contributed by atoms with Crippen LogP contribution in [0.3, 0.4) is 0 Å². The first-order chi connectivity index (χ1) is 65.2. The third-order valence-electron chi connectivity index (χ3n) is 25.2. The summed E-state index contributed by atoms with van der Waals surface area (Å²) < 4.78 is 0. The summed E-state index contributed by atoms with van der Waals surface area (Å²) in [5.41, 5.74) is 32.6. The Hall–Kier alpha value is -18.0.